The molecule has 74 valence electrons. The smallest absolute Gasteiger partial charge is 0.115 e. The Labute approximate surface area is 84.3 Å². The predicted molar refractivity (Wildman–Crippen MR) is 55.7 cm³/mol. The van der Waals surface area contributed by atoms with Gasteiger partial charge in [0.15, 0.2) is 0 Å². The lowest BCUT2D eigenvalue weighted by Gasteiger charge is -2.18. The minimum Gasteiger partial charge on any atom is -0.308 e. The van der Waals surface area contributed by atoms with Crippen molar-refractivity contribution in [2.24, 2.45) is 0 Å². The molecule has 0 bridgehead atoms. The third-order valence-electron chi connectivity index (χ3n) is 2.48. The van der Waals surface area contributed by atoms with Crippen LogP contribution < -0.4 is 5.32 Å². The summed E-state index contributed by atoms with van der Waals surface area (Å²) in [5.41, 5.74) is 1.06. The highest BCUT2D eigenvalue weighted by Gasteiger charge is 2.08. The largest absolute Gasteiger partial charge is 0.308 e. The standard InChI is InChI=1S/C11H15N3/c1-2-4-10(5-3-1)13-8-11-6-7-12-9-14-11/h1-2,6-7,9-10,13H,3-5,8H2. The van der Waals surface area contributed by atoms with Crippen LogP contribution in [0.15, 0.2) is 30.7 Å². The van der Waals surface area contributed by atoms with Crippen molar-refractivity contribution in [3.05, 3.63) is 36.4 Å². The number of rotatable bonds is 3. The first-order valence-electron chi connectivity index (χ1n) is 5.08. The maximum atomic E-state index is 4.17. The summed E-state index contributed by atoms with van der Waals surface area (Å²) in [6.45, 7) is 0.848. The van der Waals surface area contributed by atoms with E-state index in [2.05, 4.69) is 27.4 Å². The minimum atomic E-state index is 0.620. The van der Waals surface area contributed by atoms with Gasteiger partial charge in [0, 0.05) is 18.8 Å². The van der Waals surface area contributed by atoms with Gasteiger partial charge in [-0.05, 0) is 25.3 Å². The summed E-state index contributed by atoms with van der Waals surface area (Å²) in [4.78, 5) is 8.06. The Morgan fingerprint density at radius 1 is 1.43 bits per heavy atom. The van der Waals surface area contributed by atoms with Crippen molar-refractivity contribution < 1.29 is 0 Å². The second kappa shape index (κ2) is 4.86. The first-order chi connectivity index (χ1) is 6.95. The van der Waals surface area contributed by atoms with E-state index in [-0.39, 0.29) is 0 Å². The summed E-state index contributed by atoms with van der Waals surface area (Å²) < 4.78 is 0. The topological polar surface area (TPSA) is 37.8 Å². The molecule has 1 aliphatic carbocycles. The summed E-state index contributed by atoms with van der Waals surface area (Å²) in [5.74, 6) is 0. The zero-order valence-corrected chi connectivity index (χ0v) is 8.19. The molecule has 1 aromatic heterocycles. The molecule has 0 aliphatic heterocycles. The van der Waals surface area contributed by atoms with E-state index in [9.17, 15) is 0 Å². The Balaban J connectivity index is 1.80. The van der Waals surface area contributed by atoms with E-state index in [0.717, 1.165) is 18.7 Å². The van der Waals surface area contributed by atoms with Crippen LogP contribution in [0.4, 0.5) is 0 Å². The third-order valence-corrected chi connectivity index (χ3v) is 2.48. The fourth-order valence-corrected chi connectivity index (χ4v) is 1.65. The van der Waals surface area contributed by atoms with Crippen molar-refractivity contribution in [3.8, 4) is 0 Å². The molecule has 3 nitrogen and oxygen atoms in total. The van der Waals surface area contributed by atoms with E-state index in [1.54, 1.807) is 12.5 Å². The first kappa shape index (κ1) is 9.34. The Bertz CT molecular complexity index is 295. The van der Waals surface area contributed by atoms with E-state index < -0.39 is 0 Å². The van der Waals surface area contributed by atoms with Crippen molar-refractivity contribution in [2.75, 3.05) is 0 Å². The van der Waals surface area contributed by atoms with Gasteiger partial charge in [-0.15, -0.1) is 0 Å². The SMILES string of the molecule is C1=CCC(NCc2ccncn2)CC1. The molecule has 0 radical (unpaired) electrons. The molecule has 0 saturated carbocycles. The Morgan fingerprint density at radius 2 is 2.43 bits per heavy atom. The van der Waals surface area contributed by atoms with Crippen molar-refractivity contribution >= 4 is 0 Å². The van der Waals surface area contributed by atoms with Crippen LogP contribution in [0.2, 0.25) is 0 Å². The molecule has 1 atom stereocenters. The summed E-state index contributed by atoms with van der Waals surface area (Å²) in [6, 6.07) is 2.57. The van der Waals surface area contributed by atoms with Gasteiger partial charge in [-0.1, -0.05) is 12.2 Å². The Kier molecular flexibility index (Phi) is 3.24. The van der Waals surface area contributed by atoms with Crippen LogP contribution in [0.25, 0.3) is 0 Å². The molecular formula is C11H15N3. The molecule has 2 rings (SSSR count). The monoisotopic (exact) mass is 189 g/mol. The van der Waals surface area contributed by atoms with Gasteiger partial charge >= 0.3 is 0 Å². The van der Waals surface area contributed by atoms with Crippen LogP contribution >= 0.6 is 0 Å². The minimum absolute atomic E-state index is 0.620. The van der Waals surface area contributed by atoms with Crippen molar-refractivity contribution in [3.63, 3.8) is 0 Å². The van der Waals surface area contributed by atoms with Gasteiger partial charge in [-0.3, -0.25) is 0 Å². The highest BCUT2D eigenvalue weighted by molar-refractivity contribution is 4.99. The van der Waals surface area contributed by atoms with E-state index in [1.165, 1.54) is 12.8 Å². The molecule has 0 saturated heterocycles. The normalized spacial score (nSPS) is 21.0. The van der Waals surface area contributed by atoms with E-state index >= 15 is 0 Å². The van der Waals surface area contributed by atoms with Crippen molar-refractivity contribution in [1.29, 1.82) is 0 Å². The molecule has 1 aromatic rings. The van der Waals surface area contributed by atoms with Crippen LogP contribution in [0.5, 0.6) is 0 Å². The van der Waals surface area contributed by atoms with E-state index in [4.69, 9.17) is 0 Å². The molecule has 3 heteroatoms. The van der Waals surface area contributed by atoms with Gasteiger partial charge in [0.05, 0.1) is 5.69 Å². The predicted octanol–water partition coefficient (Wildman–Crippen LogP) is 1.67. The number of hydrogen-bond acceptors (Lipinski definition) is 3. The number of nitrogens with one attached hydrogen (secondary N) is 1. The molecule has 0 fully saturated rings. The molecular weight excluding hydrogens is 174 g/mol. The molecule has 0 aromatic carbocycles. The van der Waals surface area contributed by atoms with E-state index in [1.807, 2.05) is 6.07 Å². The van der Waals surface area contributed by atoms with Gasteiger partial charge in [0.2, 0.25) is 0 Å². The fourth-order valence-electron chi connectivity index (χ4n) is 1.65. The lowest BCUT2D eigenvalue weighted by Crippen LogP contribution is -2.29. The number of nitrogens with zero attached hydrogens (tertiary/aromatic N) is 2. The number of allylic oxidation sites excluding steroid dienone is 1. The quantitative estimate of drug-likeness (QED) is 0.735. The average molecular weight is 189 g/mol. The maximum Gasteiger partial charge on any atom is 0.115 e. The summed E-state index contributed by atoms with van der Waals surface area (Å²) in [7, 11) is 0. The van der Waals surface area contributed by atoms with Gasteiger partial charge in [-0.25, -0.2) is 9.97 Å². The summed E-state index contributed by atoms with van der Waals surface area (Å²) >= 11 is 0. The summed E-state index contributed by atoms with van der Waals surface area (Å²) in [5, 5.41) is 3.50. The zero-order chi connectivity index (χ0) is 9.64. The maximum absolute atomic E-state index is 4.17. The molecule has 1 N–H and O–H groups in total. The highest BCUT2D eigenvalue weighted by Crippen LogP contribution is 2.10. The molecule has 1 aliphatic rings. The number of hydrogen-bond donors (Lipinski definition) is 1. The van der Waals surface area contributed by atoms with E-state index in [0.29, 0.717) is 6.04 Å². The van der Waals surface area contributed by atoms with Gasteiger partial charge < -0.3 is 5.32 Å². The Hall–Kier alpha value is -1.22. The van der Waals surface area contributed by atoms with Crippen LogP contribution in [0, 0.1) is 0 Å². The molecule has 0 amide bonds. The van der Waals surface area contributed by atoms with Crippen LogP contribution in [-0.4, -0.2) is 16.0 Å². The van der Waals surface area contributed by atoms with Gasteiger partial charge in [0.25, 0.3) is 0 Å². The molecule has 14 heavy (non-hydrogen) atoms. The zero-order valence-electron chi connectivity index (χ0n) is 8.19. The van der Waals surface area contributed by atoms with Crippen LogP contribution in [-0.2, 0) is 6.54 Å². The molecule has 1 unspecified atom stereocenters. The second-order valence-electron chi connectivity index (χ2n) is 3.56. The Morgan fingerprint density at radius 3 is 3.14 bits per heavy atom. The van der Waals surface area contributed by atoms with Crippen LogP contribution in [0.3, 0.4) is 0 Å². The lowest BCUT2D eigenvalue weighted by molar-refractivity contribution is 0.471. The van der Waals surface area contributed by atoms with Crippen LogP contribution in [0.1, 0.15) is 25.0 Å². The van der Waals surface area contributed by atoms with Crippen molar-refractivity contribution in [1.82, 2.24) is 15.3 Å². The summed E-state index contributed by atoms with van der Waals surface area (Å²) in [6.07, 6.45) is 11.5. The highest BCUT2D eigenvalue weighted by atomic mass is 14.9. The average Bonchev–Trinajstić information content (AvgIpc) is 2.29. The second-order valence-corrected chi connectivity index (χ2v) is 3.56. The molecule has 0 spiro atoms. The van der Waals surface area contributed by atoms with Crippen molar-refractivity contribution in [2.45, 2.75) is 31.8 Å². The molecule has 1 heterocycles. The first-order valence-corrected chi connectivity index (χ1v) is 5.08. The fraction of sp³-hybridized carbons (Fsp3) is 0.455. The lowest BCUT2D eigenvalue weighted by atomic mass is 10.0. The van der Waals surface area contributed by atoms with Gasteiger partial charge in [0.1, 0.15) is 6.33 Å². The third kappa shape index (κ3) is 2.64. The number of aromatic nitrogens is 2. The van der Waals surface area contributed by atoms with Gasteiger partial charge in [-0.2, -0.15) is 0 Å².